The summed E-state index contributed by atoms with van der Waals surface area (Å²) in [5, 5.41) is 10.6. The molecule has 1 fully saturated rings. The molecule has 34 heavy (non-hydrogen) atoms. The van der Waals surface area contributed by atoms with Crippen LogP contribution in [0.3, 0.4) is 0 Å². The van der Waals surface area contributed by atoms with Crippen molar-refractivity contribution in [2.75, 3.05) is 26.7 Å². The molecular formula is C27H28FN3O3. The average Bonchev–Trinajstić information content (AvgIpc) is 2.87. The van der Waals surface area contributed by atoms with Crippen LogP contribution in [0.1, 0.15) is 36.6 Å². The lowest BCUT2D eigenvalue weighted by atomic mass is 9.81. The van der Waals surface area contributed by atoms with E-state index in [2.05, 4.69) is 26.7 Å². The van der Waals surface area contributed by atoms with Crippen LogP contribution in [0.2, 0.25) is 0 Å². The van der Waals surface area contributed by atoms with Gasteiger partial charge in [-0.3, -0.25) is 19.7 Å². The fraction of sp³-hybridized carbons (Fsp3) is 0.370. The maximum Gasteiger partial charge on any atom is 0.308 e. The Hall–Kier alpha value is -3.50. The van der Waals surface area contributed by atoms with Gasteiger partial charge in [0.15, 0.2) is 0 Å². The number of methoxy groups -OCH3 is 1. The van der Waals surface area contributed by atoms with Crippen LogP contribution >= 0.6 is 0 Å². The molecule has 7 heteroatoms. The molecule has 1 N–H and O–H groups in total. The van der Waals surface area contributed by atoms with Gasteiger partial charge in [-0.05, 0) is 73.7 Å². The molecule has 6 nitrogen and oxygen atoms in total. The van der Waals surface area contributed by atoms with E-state index in [4.69, 9.17) is 4.74 Å². The van der Waals surface area contributed by atoms with E-state index in [1.54, 1.807) is 43.9 Å². The van der Waals surface area contributed by atoms with Crippen molar-refractivity contribution < 1.29 is 19.0 Å². The van der Waals surface area contributed by atoms with E-state index in [0.29, 0.717) is 42.8 Å². The Labute approximate surface area is 198 Å². The topological polar surface area (TPSA) is 75.5 Å². The Morgan fingerprint density at radius 2 is 2.21 bits per heavy atom. The van der Waals surface area contributed by atoms with Crippen molar-refractivity contribution in [2.45, 2.75) is 25.4 Å². The Bertz CT molecular complexity index is 1190. The summed E-state index contributed by atoms with van der Waals surface area (Å²) in [6.07, 6.45) is 5.31. The minimum absolute atomic E-state index is 0.0686. The first-order valence-electron chi connectivity index (χ1n) is 11.5. The molecule has 0 spiro atoms. The van der Waals surface area contributed by atoms with Gasteiger partial charge in [0.25, 0.3) is 0 Å². The van der Waals surface area contributed by atoms with Gasteiger partial charge in [-0.25, -0.2) is 4.39 Å². The first kappa shape index (κ1) is 23.7. The number of likely N-dealkylation sites (tertiary alicyclic amines) is 1. The van der Waals surface area contributed by atoms with E-state index in [1.165, 1.54) is 0 Å². The van der Waals surface area contributed by atoms with E-state index in [9.17, 15) is 9.90 Å². The zero-order chi connectivity index (χ0) is 23.9. The molecule has 3 atom stereocenters. The Morgan fingerprint density at radius 1 is 1.32 bits per heavy atom. The van der Waals surface area contributed by atoms with E-state index in [1.807, 2.05) is 18.2 Å². The number of hydrogen-bond acceptors (Lipinski definition) is 5. The second kappa shape index (κ2) is 11.1. The summed E-state index contributed by atoms with van der Waals surface area (Å²) in [4.78, 5) is 22.4. The Morgan fingerprint density at radius 3 is 2.97 bits per heavy atom. The molecule has 1 aliphatic heterocycles. The van der Waals surface area contributed by atoms with Crippen LogP contribution < -0.4 is 4.74 Å². The van der Waals surface area contributed by atoms with Crippen LogP contribution in [0.25, 0.3) is 10.9 Å². The second-order valence-corrected chi connectivity index (χ2v) is 8.60. The molecule has 2 aromatic heterocycles. The number of carboxylic acid groups (broad SMARTS) is 1. The zero-order valence-electron chi connectivity index (χ0n) is 19.2. The highest BCUT2D eigenvalue weighted by Gasteiger charge is 2.34. The standard InChI is InChI=1S/C27H28FN3O3/c1-34-21-7-9-26-23(16-21)22(10-13-30-26)25(28)8-6-20-11-15-31(18-24(20)27(32)33)14-3-5-19-4-2-12-29-17-19/h2,4,7,9-10,12-13,16-17,20,24-25H,6,8,11,14-15,18H2,1H3,(H,32,33)/t20-,24+,25+/m1/s1. The van der Waals surface area contributed by atoms with E-state index >= 15 is 4.39 Å². The van der Waals surface area contributed by atoms with Crippen molar-refractivity contribution in [2.24, 2.45) is 11.8 Å². The average molecular weight is 462 g/mol. The van der Waals surface area contributed by atoms with Crippen LogP contribution in [0, 0.1) is 23.7 Å². The van der Waals surface area contributed by atoms with Gasteiger partial charge >= 0.3 is 5.97 Å². The van der Waals surface area contributed by atoms with Gasteiger partial charge in [-0.1, -0.05) is 11.8 Å². The Kier molecular flexibility index (Phi) is 7.71. The van der Waals surface area contributed by atoms with E-state index < -0.39 is 18.1 Å². The number of carboxylic acids is 1. The summed E-state index contributed by atoms with van der Waals surface area (Å²) in [5.74, 6) is 5.40. The van der Waals surface area contributed by atoms with Gasteiger partial charge in [-0.2, -0.15) is 0 Å². The highest BCUT2D eigenvalue weighted by molar-refractivity contribution is 5.83. The minimum atomic E-state index is -1.20. The quantitative estimate of drug-likeness (QED) is 0.522. The fourth-order valence-corrected chi connectivity index (χ4v) is 4.59. The second-order valence-electron chi connectivity index (χ2n) is 8.60. The first-order valence-corrected chi connectivity index (χ1v) is 11.5. The minimum Gasteiger partial charge on any atom is -0.497 e. The van der Waals surface area contributed by atoms with Crippen molar-refractivity contribution in [3.05, 3.63) is 66.1 Å². The number of pyridine rings is 2. The van der Waals surface area contributed by atoms with Crippen LogP contribution in [-0.2, 0) is 4.79 Å². The number of rotatable bonds is 7. The number of hydrogen-bond donors (Lipinski definition) is 1. The third-order valence-electron chi connectivity index (χ3n) is 6.46. The molecule has 0 aliphatic carbocycles. The largest absolute Gasteiger partial charge is 0.497 e. The maximum absolute atomic E-state index is 15.3. The normalized spacial score (nSPS) is 19.2. The van der Waals surface area contributed by atoms with Crippen molar-refractivity contribution in [3.63, 3.8) is 0 Å². The van der Waals surface area contributed by atoms with Crippen LogP contribution in [0.4, 0.5) is 4.39 Å². The van der Waals surface area contributed by atoms with Gasteiger partial charge in [0.1, 0.15) is 11.9 Å². The fourth-order valence-electron chi connectivity index (χ4n) is 4.59. The zero-order valence-corrected chi connectivity index (χ0v) is 19.2. The highest BCUT2D eigenvalue weighted by atomic mass is 19.1. The van der Waals surface area contributed by atoms with Gasteiger partial charge in [0.05, 0.1) is 25.1 Å². The van der Waals surface area contributed by atoms with Gasteiger partial charge in [0.2, 0.25) is 0 Å². The van der Waals surface area contributed by atoms with Crippen molar-refractivity contribution in [1.29, 1.82) is 0 Å². The molecule has 0 radical (unpaired) electrons. The molecule has 0 bridgehead atoms. The molecule has 3 heterocycles. The number of halogens is 1. The number of nitrogens with zero attached hydrogens (tertiary/aromatic N) is 3. The summed E-state index contributed by atoms with van der Waals surface area (Å²) >= 11 is 0. The summed E-state index contributed by atoms with van der Waals surface area (Å²) in [6.45, 7) is 1.68. The summed E-state index contributed by atoms with van der Waals surface area (Å²) in [6, 6.07) is 10.8. The lowest BCUT2D eigenvalue weighted by Gasteiger charge is -2.35. The molecule has 1 aliphatic rings. The third-order valence-corrected chi connectivity index (χ3v) is 6.46. The monoisotopic (exact) mass is 461 g/mol. The first-order chi connectivity index (χ1) is 16.5. The lowest BCUT2D eigenvalue weighted by molar-refractivity contribution is -0.146. The predicted octanol–water partition coefficient (Wildman–Crippen LogP) is 4.50. The van der Waals surface area contributed by atoms with E-state index in [-0.39, 0.29) is 12.3 Å². The molecular weight excluding hydrogens is 433 g/mol. The number of aliphatic carboxylic acids is 1. The SMILES string of the molecule is COc1ccc2nccc([C@@H](F)CC[C@@H]3CCN(CC#Cc4cccnc4)C[C@@H]3C(=O)O)c2c1. The van der Waals surface area contributed by atoms with Gasteiger partial charge in [-0.15, -0.1) is 0 Å². The van der Waals surface area contributed by atoms with Crippen LogP contribution in [-0.4, -0.2) is 52.7 Å². The van der Waals surface area contributed by atoms with Crippen LogP contribution in [0.5, 0.6) is 5.75 Å². The molecule has 176 valence electrons. The Balaban J connectivity index is 1.38. The van der Waals surface area contributed by atoms with Crippen molar-refractivity contribution in [1.82, 2.24) is 14.9 Å². The number of benzene rings is 1. The van der Waals surface area contributed by atoms with Crippen LogP contribution in [0.15, 0.2) is 55.0 Å². The maximum atomic E-state index is 15.3. The molecule has 3 aromatic rings. The lowest BCUT2D eigenvalue weighted by Crippen LogP contribution is -2.44. The van der Waals surface area contributed by atoms with E-state index in [0.717, 1.165) is 17.5 Å². The van der Waals surface area contributed by atoms with Gasteiger partial charge in [0, 0.05) is 36.1 Å². The predicted molar refractivity (Wildman–Crippen MR) is 128 cm³/mol. The highest BCUT2D eigenvalue weighted by Crippen LogP contribution is 2.35. The van der Waals surface area contributed by atoms with Gasteiger partial charge < -0.3 is 9.84 Å². The molecule has 0 amide bonds. The summed E-state index contributed by atoms with van der Waals surface area (Å²) in [5.41, 5.74) is 2.12. The smallest absolute Gasteiger partial charge is 0.308 e. The summed E-state index contributed by atoms with van der Waals surface area (Å²) < 4.78 is 20.6. The number of fused-ring (bicyclic) bond motifs is 1. The van der Waals surface area contributed by atoms with Crippen molar-refractivity contribution in [3.8, 4) is 17.6 Å². The molecule has 1 saturated heterocycles. The third kappa shape index (κ3) is 5.70. The molecule has 0 saturated carbocycles. The molecule has 4 rings (SSSR count). The number of carbonyl (C=O) groups is 1. The summed E-state index contributed by atoms with van der Waals surface area (Å²) in [7, 11) is 1.58. The molecule has 0 unspecified atom stereocenters. The number of aromatic nitrogens is 2. The number of alkyl halides is 1. The molecule has 1 aromatic carbocycles. The number of piperidine rings is 1. The number of ether oxygens (including phenoxy) is 1. The van der Waals surface area contributed by atoms with Crippen molar-refractivity contribution >= 4 is 16.9 Å².